The highest BCUT2D eigenvalue weighted by Crippen LogP contribution is 2.16. The molecule has 0 aliphatic rings. The fourth-order valence-electron chi connectivity index (χ4n) is 3.00. The molecule has 0 aliphatic heterocycles. The van der Waals surface area contributed by atoms with Crippen LogP contribution in [0.3, 0.4) is 0 Å². The lowest BCUT2D eigenvalue weighted by Gasteiger charge is -2.21. The molecule has 0 heterocycles. The summed E-state index contributed by atoms with van der Waals surface area (Å²) in [6.07, 6.45) is 0. The minimum atomic E-state index is 0.658. The quantitative estimate of drug-likeness (QED) is 0.526. The topological polar surface area (TPSA) is 48.9 Å². The molecule has 0 unspecified atom stereocenters. The molecule has 2 aromatic rings. The van der Waals surface area contributed by atoms with E-state index in [1.807, 2.05) is 18.2 Å². The normalized spacial score (nSPS) is 11.5. The summed E-state index contributed by atoms with van der Waals surface area (Å²) in [5.74, 6) is 1.66. The molecule has 0 aromatic heterocycles. The van der Waals surface area contributed by atoms with Crippen molar-refractivity contribution in [2.45, 2.75) is 33.5 Å². The second kappa shape index (κ2) is 11.2. The summed E-state index contributed by atoms with van der Waals surface area (Å²) in [6.45, 7) is 8.88. The highest BCUT2D eigenvalue weighted by atomic mass is 16.5. The van der Waals surface area contributed by atoms with Crippen molar-refractivity contribution < 1.29 is 4.74 Å². The Labute approximate surface area is 163 Å². The Morgan fingerprint density at radius 3 is 2.04 bits per heavy atom. The van der Waals surface area contributed by atoms with Gasteiger partial charge in [-0.05, 0) is 30.3 Å². The van der Waals surface area contributed by atoms with Crippen LogP contribution in [-0.4, -0.2) is 38.1 Å². The zero-order valence-corrected chi connectivity index (χ0v) is 17.0. The highest BCUT2D eigenvalue weighted by molar-refractivity contribution is 5.79. The smallest absolute Gasteiger partial charge is 0.191 e. The van der Waals surface area contributed by atoms with Gasteiger partial charge in [0.2, 0.25) is 0 Å². The number of hydrogen-bond acceptors (Lipinski definition) is 3. The maximum absolute atomic E-state index is 5.41. The van der Waals surface area contributed by atoms with Crippen LogP contribution in [0.15, 0.2) is 53.5 Å². The maximum atomic E-state index is 5.41. The van der Waals surface area contributed by atoms with Crippen molar-refractivity contribution >= 4 is 5.96 Å². The number of methoxy groups -OCH3 is 1. The van der Waals surface area contributed by atoms with Gasteiger partial charge >= 0.3 is 0 Å². The van der Waals surface area contributed by atoms with Crippen LogP contribution in [0.4, 0.5) is 0 Å². The van der Waals surface area contributed by atoms with E-state index in [0.717, 1.165) is 43.5 Å². The lowest BCUT2D eigenvalue weighted by Crippen LogP contribution is -2.36. The molecule has 5 heteroatoms. The molecule has 0 amide bonds. The van der Waals surface area contributed by atoms with Gasteiger partial charge in [0.1, 0.15) is 5.75 Å². The fraction of sp³-hybridized carbons (Fsp3) is 0.409. The number of para-hydroxylation sites is 1. The van der Waals surface area contributed by atoms with Crippen LogP contribution in [0, 0.1) is 0 Å². The van der Waals surface area contributed by atoms with Crippen molar-refractivity contribution in [3.05, 3.63) is 65.2 Å². The highest BCUT2D eigenvalue weighted by Gasteiger charge is 2.08. The average molecular weight is 369 g/mol. The fourth-order valence-corrected chi connectivity index (χ4v) is 3.00. The Kier molecular flexibility index (Phi) is 8.65. The first kappa shape index (κ1) is 20.8. The van der Waals surface area contributed by atoms with Gasteiger partial charge < -0.3 is 15.4 Å². The number of benzene rings is 2. The molecule has 2 aromatic carbocycles. The van der Waals surface area contributed by atoms with Gasteiger partial charge in [0.15, 0.2) is 5.96 Å². The zero-order valence-electron chi connectivity index (χ0n) is 17.0. The van der Waals surface area contributed by atoms with Crippen molar-refractivity contribution in [2.24, 2.45) is 4.99 Å². The van der Waals surface area contributed by atoms with Gasteiger partial charge in [0.25, 0.3) is 0 Å². The van der Waals surface area contributed by atoms with E-state index in [2.05, 4.69) is 64.7 Å². The van der Waals surface area contributed by atoms with Crippen molar-refractivity contribution in [3.8, 4) is 5.75 Å². The van der Waals surface area contributed by atoms with E-state index in [0.29, 0.717) is 6.54 Å². The van der Waals surface area contributed by atoms with Crippen molar-refractivity contribution in [2.75, 3.05) is 27.2 Å². The van der Waals surface area contributed by atoms with Gasteiger partial charge in [-0.3, -0.25) is 9.89 Å². The first-order chi connectivity index (χ1) is 13.2. The molecule has 0 spiro atoms. The molecule has 146 valence electrons. The number of hydrogen-bond donors (Lipinski definition) is 2. The number of nitrogens with zero attached hydrogens (tertiary/aromatic N) is 2. The average Bonchev–Trinajstić information content (AvgIpc) is 2.73. The van der Waals surface area contributed by atoms with Gasteiger partial charge in [0, 0.05) is 32.2 Å². The third kappa shape index (κ3) is 6.29. The molecule has 2 N–H and O–H groups in total. The molecule has 0 saturated carbocycles. The molecule has 5 nitrogen and oxygen atoms in total. The summed E-state index contributed by atoms with van der Waals surface area (Å²) >= 11 is 0. The number of ether oxygens (including phenoxy) is 1. The van der Waals surface area contributed by atoms with E-state index in [1.165, 1.54) is 11.1 Å². The van der Waals surface area contributed by atoms with Crippen LogP contribution in [0.25, 0.3) is 0 Å². The zero-order chi connectivity index (χ0) is 19.5. The molecule has 0 bridgehead atoms. The SMILES string of the molecule is CCN(CC)Cc1ccccc1CNC(=NC)NCc1ccccc1OC. The Morgan fingerprint density at radius 1 is 0.889 bits per heavy atom. The van der Waals surface area contributed by atoms with E-state index in [4.69, 9.17) is 4.74 Å². The van der Waals surface area contributed by atoms with Crippen LogP contribution < -0.4 is 15.4 Å². The Balaban J connectivity index is 1.96. The largest absolute Gasteiger partial charge is 0.496 e. The molecule has 2 rings (SSSR count). The number of nitrogens with one attached hydrogen (secondary N) is 2. The van der Waals surface area contributed by atoms with Gasteiger partial charge in [-0.2, -0.15) is 0 Å². The number of guanidine groups is 1. The van der Waals surface area contributed by atoms with E-state index in [-0.39, 0.29) is 0 Å². The summed E-state index contributed by atoms with van der Waals surface area (Å²) in [5.41, 5.74) is 3.75. The van der Waals surface area contributed by atoms with Crippen LogP contribution >= 0.6 is 0 Å². The van der Waals surface area contributed by atoms with E-state index in [1.54, 1.807) is 14.2 Å². The predicted octanol–water partition coefficient (Wildman–Crippen LogP) is 3.40. The first-order valence-corrected chi connectivity index (χ1v) is 9.57. The van der Waals surface area contributed by atoms with E-state index >= 15 is 0 Å². The van der Waals surface area contributed by atoms with Gasteiger partial charge in [-0.1, -0.05) is 56.3 Å². The van der Waals surface area contributed by atoms with Gasteiger partial charge in [0.05, 0.1) is 7.11 Å². The lowest BCUT2D eigenvalue weighted by molar-refractivity contribution is 0.295. The third-order valence-electron chi connectivity index (χ3n) is 4.72. The van der Waals surface area contributed by atoms with E-state index < -0.39 is 0 Å². The maximum Gasteiger partial charge on any atom is 0.191 e. The van der Waals surface area contributed by atoms with Gasteiger partial charge in [-0.15, -0.1) is 0 Å². The third-order valence-corrected chi connectivity index (χ3v) is 4.72. The minimum Gasteiger partial charge on any atom is -0.496 e. The molecular formula is C22H32N4O. The Hall–Kier alpha value is -2.53. The Bertz CT molecular complexity index is 726. The second-order valence-corrected chi connectivity index (χ2v) is 6.32. The lowest BCUT2D eigenvalue weighted by atomic mass is 10.1. The first-order valence-electron chi connectivity index (χ1n) is 9.57. The van der Waals surface area contributed by atoms with E-state index in [9.17, 15) is 0 Å². The Morgan fingerprint density at radius 2 is 1.44 bits per heavy atom. The van der Waals surface area contributed by atoms with Crippen LogP contribution in [-0.2, 0) is 19.6 Å². The molecular weight excluding hydrogens is 336 g/mol. The number of rotatable bonds is 9. The summed E-state index contributed by atoms with van der Waals surface area (Å²) in [6, 6.07) is 16.6. The molecule has 0 saturated heterocycles. The summed E-state index contributed by atoms with van der Waals surface area (Å²) in [5, 5.41) is 6.78. The van der Waals surface area contributed by atoms with Crippen LogP contribution in [0.2, 0.25) is 0 Å². The van der Waals surface area contributed by atoms with Crippen molar-refractivity contribution in [1.29, 1.82) is 0 Å². The molecule has 0 radical (unpaired) electrons. The summed E-state index contributed by atoms with van der Waals surface area (Å²) in [4.78, 5) is 6.76. The molecule has 0 aliphatic carbocycles. The van der Waals surface area contributed by atoms with Crippen LogP contribution in [0.5, 0.6) is 5.75 Å². The standard InChI is InChI=1S/C22H32N4O/c1-5-26(6-2)17-20-13-8-7-11-18(20)15-24-22(23-3)25-16-19-12-9-10-14-21(19)27-4/h7-14H,5-6,15-17H2,1-4H3,(H2,23,24,25). The minimum absolute atomic E-state index is 0.658. The van der Waals surface area contributed by atoms with Crippen LogP contribution in [0.1, 0.15) is 30.5 Å². The number of aliphatic imine (C=N–C) groups is 1. The van der Waals surface area contributed by atoms with Gasteiger partial charge in [-0.25, -0.2) is 0 Å². The van der Waals surface area contributed by atoms with Crippen molar-refractivity contribution in [3.63, 3.8) is 0 Å². The molecule has 27 heavy (non-hydrogen) atoms. The predicted molar refractivity (Wildman–Crippen MR) is 113 cm³/mol. The summed E-state index contributed by atoms with van der Waals surface area (Å²) < 4.78 is 5.41. The second-order valence-electron chi connectivity index (χ2n) is 6.32. The molecule has 0 atom stereocenters. The van der Waals surface area contributed by atoms with Crippen molar-refractivity contribution in [1.82, 2.24) is 15.5 Å². The molecule has 0 fully saturated rings. The summed E-state index contributed by atoms with van der Waals surface area (Å²) in [7, 11) is 3.48. The monoisotopic (exact) mass is 368 g/mol.